The highest BCUT2D eigenvalue weighted by Gasteiger charge is 2.24. The number of aliphatic hydroxyl groups excluding tert-OH is 1. The Morgan fingerprint density at radius 1 is 0.806 bits per heavy atom. The van der Waals surface area contributed by atoms with E-state index < -0.39 is 6.23 Å². The summed E-state index contributed by atoms with van der Waals surface area (Å²) in [5.41, 5.74) is 11.0. The first kappa shape index (κ1) is 25.3. The molecule has 0 heterocycles. The molecule has 0 aromatic heterocycles. The minimum Gasteiger partial charge on any atom is -0.497 e. The number of methoxy groups -OCH3 is 1. The Morgan fingerprint density at radius 2 is 1.44 bits per heavy atom. The zero-order valence-electron chi connectivity index (χ0n) is 20.9. The Labute approximate surface area is 213 Å². The molecule has 0 aliphatic heterocycles. The Morgan fingerprint density at radius 3 is 2.06 bits per heavy atom. The van der Waals surface area contributed by atoms with Gasteiger partial charge in [0.15, 0.2) is 0 Å². The van der Waals surface area contributed by atoms with Gasteiger partial charge in [0.1, 0.15) is 24.3 Å². The molecule has 0 spiro atoms. The molecule has 2 unspecified atom stereocenters. The van der Waals surface area contributed by atoms with Gasteiger partial charge in [0.05, 0.1) is 12.8 Å². The number of aliphatic hydroxyl groups is 1. The fraction of sp³-hybridized carbons (Fsp3) is 0.226. The minimum atomic E-state index is -0.830. The van der Waals surface area contributed by atoms with Crippen LogP contribution in [0.3, 0.4) is 0 Å². The van der Waals surface area contributed by atoms with Crippen LogP contribution in [0.1, 0.15) is 35.4 Å². The zero-order valence-corrected chi connectivity index (χ0v) is 20.9. The van der Waals surface area contributed by atoms with E-state index in [0.717, 1.165) is 28.9 Å². The Hall–Kier alpha value is -3.80. The standard InChI is InChI=1S/C31H34N2O3/c1-23(19-24-13-16-28(35-2)17-14-24)33(21-25-9-5-3-6-10-25)31(34)27-15-18-30(29(32)20-27)36-22-26-11-7-4-8-12-26/h3-18,20,23,31,34H,19,21-22,32H2,1-2H3. The van der Waals surface area contributed by atoms with Gasteiger partial charge in [-0.3, -0.25) is 4.90 Å². The first-order valence-electron chi connectivity index (χ1n) is 12.2. The predicted molar refractivity (Wildman–Crippen MR) is 145 cm³/mol. The summed E-state index contributed by atoms with van der Waals surface area (Å²) >= 11 is 0. The molecule has 0 saturated carbocycles. The van der Waals surface area contributed by atoms with Crippen LogP contribution in [-0.4, -0.2) is 23.2 Å². The maximum Gasteiger partial charge on any atom is 0.142 e. The van der Waals surface area contributed by atoms with Crippen LogP contribution in [0.15, 0.2) is 103 Å². The summed E-state index contributed by atoms with van der Waals surface area (Å²) in [5.74, 6) is 1.44. The maximum absolute atomic E-state index is 11.5. The third kappa shape index (κ3) is 6.66. The van der Waals surface area contributed by atoms with Crippen molar-refractivity contribution in [3.05, 3.63) is 125 Å². The van der Waals surface area contributed by atoms with Gasteiger partial charge in [-0.1, -0.05) is 78.9 Å². The smallest absolute Gasteiger partial charge is 0.142 e. The molecule has 186 valence electrons. The second kappa shape index (κ2) is 12.2. The van der Waals surface area contributed by atoms with Gasteiger partial charge < -0.3 is 20.3 Å². The fourth-order valence-corrected chi connectivity index (χ4v) is 4.28. The lowest BCUT2D eigenvalue weighted by molar-refractivity contribution is -0.0295. The minimum absolute atomic E-state index is 0.0591. The Balaban J connectivity index is 1.52. The van der Waals surface area contributed by atoms with E-state index in [4.69, 9.17) is 15.2 Å². The molecule has 4 aromatic rings. The molecule has 0 radical (unpaired) electrons. The Kier molecular flexibility index (Phi) is 8.61. The van der Waals surface area contributed by atoms with E-state index in [1.54, 1.807) is 7.11 Å². The van der Waals surface area contributed by atoms with Crippen LogP contribution in [0.4, 0.5) is 5.69 Å². The van der Waals surface area contributed by atoms with E-state index >= 15 is 0 Å². The number of nitrogens with zero attached hydrogens (tertiary/aromatic N) is 1. The van der Waals surface area contributed by atoms with Crippen LogP contribution in [0.5, 0.6) is 11.5 Å². The zero-order chi connectivity index (χ0) is 25.3. The summed E-state index contributed by atoms with van der Waals surface area (Å²) in [7, 11) is 1.67. The molecule has 36 heavy (non-hydrogen) atoms. The molecule has 0 aliphatic carbocycles. The molecular weight excluding hydrogens is 448 g/mol. The van der Waals surface area contributed by atoms with Crippen LogP contribution < -0.4 is 15.2 Å². The number of hydrogen-bond donors (Lipinski definition) is 2. The molecule has 3 N–H and O–H groups in total. The highest BCUT2D eigenvalue weighted by atomic mass is 16.5. The molecule has 5 heteroatoms. The van der Waals surface area contributed by atoms with Crippen LogP contribution >= 0.6 is 0 Å². The summed E-state index contributed by atoms with van der Waals surface area (Å²) < 4.78 is 11.2. The normalized spacial score (nSPS) is 12.8. The lowest BCUT2D eigenvalue weighted by Gasteiger charge is -2.34. The number of ether oxygens (including phenoxy) is 2. The van der Waals surface area contributed by atoms with Crippen LogP contribution in [0.25, 0.3) is 0 Å². The van der Waals surface area contributed by atoms with E-state index in [2.05, 4.69) is 36.1 Å². The van der Waals surface area contributed by atoms with Crippen LogP contribution in [-0.2, 0) is 19.6 Å². The maximum atomic E-state index is 11.5. The first-order chi connectivity index (χ1) is 17.5. The SMILES string of the molecule is COc1ccc(CC(C)N(Cc2ccccc2)C(O)c2ccc(OCc3ccccc3)c(N)c2)cc1. The first-order valence-corrected chi connectivity index (χ1v) is 12.2. The number of hydrogen-bond acceptors (Lipinski definition) is 5. The molecule has 5 nitrogen and oxygen atoms in total. The second-order valence-electron chi connectivity index (χ2n) is 9.00. The molecular formula is C31H34N2O3. The number of nitrogen functional groups attached to an aromatic ring is 1. The molecule has 4 aromatic carbocycles. The Bertz CT molecular complexity index is 1210. The van der Waals surface area contributed by atoms with Crippen LogP contribution in [0.2, 0.25) is 0 Å². The highest BCUT2D eigenvalue weighted by molar-refractivity contribution is 5.54. The predicted octanol–water partition coefficient (Wildman–Crippen LogP) is 5.98. The largest absolute Gasteiger partial charge is 0.497 e. The molecule has 0 fully saturated rings. The number of nitrogens with two attached hydrogens (primary N) is 1. The average Bonchev–Trinajstić information content (AvgIpc) is 2.92. The van der Waals surface area contributed by atoms with E-state index in [9.17, 15) is 5.11 Å². The van der Waals surface area contributed by atoms with Crippen molar-refractivity contribution in [2.24, 2.45) is 0 Å². The van der Waals surface area contributed by atoms with Crippen molar-refractivity contribution in [3.8, 4) is 11.5 Å². The van der Waals surface area contributed by atoms with E-state index in [1.165, 1.54) is 5.56 Å². The quantitative estimate of drug-likeness (QED) is 0.203. The van der Waals surface area contributed by atoms with E-state index in [1.807, 2.05) is 78.9 Å². The van der Waals surface area contributed by atoms with Crippen molar-refractivity contribution in [1.29, 1.82) is 0 Å². The van der Waals surface area contributed by atoms with E-state index in [0.29, 0.717) is 24.6 Å². The van der Waals surface area contributed by atoms with Gasteiger partial charge in [-0.25, -0.2) is 0 Å². The number of rotatable bonds is 11. The lowest BCUT2D eigenvalue weighted by Crippen LogP contribution is -2.37. The molecule has 0 saturated heterocycles. The van der Waals surface area contributed by atoms with Crippen molar-refractivity contribution >= 4 is 5.69 Å². The van der Waals surface area contributed by atoms with Crippen molar-refractivity contribution in [2.75, 3.05) is 12.8 Å². The summed E-state index contributed by atoms with van der Waals surface area (Å²) in [6, 6.07) is 33.8. The van der Waals surface area contributed by atoms with Gasteiger partial charge in [0.25, 0.3) is 0 Å². The van der Waals surface area contributed by atoms with Gasteiger partial charge in [0.2, 0.25) is 0 Å². The van der Waals surface area contributed by atoms with Gasteiger partial charge in [-0.2, -0.15) is 0 Å². The average molecular weight is 483 g/mol. The molecule has 0 aliphatic rings. The van der Waals surface area contributed by atoms with Gasteiger partial charge in [0, 0.05) is 12.6 Å². The van der Waals surface area contributed by atoms with Crippen molar-refractivity contribution < 1.29 is 14.6 Å². The second-order valence-corrected chi connectivity index (χ2v) is 9.00. The molecule has 4 rings (SSSR count). The van der Waals surface area contributed by atoms with Gasteiger partial charge >= 0.3 is 0 Å². The highest BCUT2D eigenvalue weighted by Crippen LogP contribution is 2.30. The van der Waals surface area contributed by atoms with Crippen LogP contribution in [0, 0.1) is 0 Å². The summed E-state index contributed by atoms with van der Waals surface area (Å²) in [5, 5.41) is 11.5. The summed E-state index contributed by atoms with van der Waals surface area (Å²) in [6.45, 7) is 3.18. The molecule has 2 atom stereocenters. The van der Waals surface area contributed by atoms with Crippen molar-refractivity contribution in [1.82, 2.24) is 4.90 Å². The fourth-order valence-electron chi connectivity index (χ4n) is 4.28. The van der Waals surface area contributed by atoms with Crippen molar-refractivity contribution in [2.45, 2.75) is 38.8 Å². The van der Waals surface area contributed by atoms with Gasteiger partial charge in [-0.15, -0.1) is 0 Å². The third-order valence-electron chi connectivity index (χ3n) is 6.35. The monoisotopic (exact) mass is 482 g/mol. The lowest BCUT2D eigenvalue weighted by atomic mass is 10.0. The third-order valence-corrected chi connectivity index (χ3v) is 6.35. The summed E-state index contributed by atoms with van der Waals surface area (Å²) in [6.07, 6.45) is -0.0503. The van der Waals surface area contributed by atoms with Gasteiger partial charge in [-0.05, 0) is 59.9 Å². The number of anilines is 1. The number of benzene rings is 4. The van der Waals surface area contributed by atoms with Crippen molar-refractivity contribution in [3.63, 3.8) is 0 Å². The molecule has 0 bridgehead atoms. The molecule has 0 amide bonds. The summed E-state index contributed by atoms with van der Waals surface area (Å²) in [4.78, 5) is 2.10. The van der Waals surface area contributed by atoms with E-state index in [-0.39, 0.29) is 6.04 Å². The topological polar surface area (TPSA) is 68.0 Å².